The molecule has 2 saturated heterocycles. The van der Waals surface area contributed by atoms with Gasteiger partial charge >= 0.3 is 0 Å². The number of fused-ring (bicyclic) bond motifs is 3. The molecule has 0 radical (unpaired) electrons. The van der Waals surface area contributed by atoms with Gasteiger partial charge < -0.3 is 5.32 Å². The summed E-state index contributed by atoms with van der Waals surface area (Å²) in [4.78, 5) is 4.91. The number of rotatable bonds is 4. The Labute approximate surface area is 194 Å². The van der Waals surface area contributed by atoms with Crippen molar-refractivity contribution >= 4 is 17.3 Å². The quantitative estimate of drug-likeness (QED) is 0.483. The summed E-state index contributed by atoms with van der Waals surface area (Å²) in [5, 5.41) is 22.7. The number of aromatic nitrogens is 5. The molecule has 4 aromatic rings. The average molecular weight is 460 g/mol. The summed E-state index contributed by atoms with van der Waals surface area (Å²) >= 11 is 1.20. The van der Waals surface area contributed by atoms with Gasteiger partial charge in [0.15, 0.2) is 5.82 Å². The number of nitrogens with one attached hydrogen (secondary N) is 1. The third kappa shape index (κ3) is 3.50. The summed E-state index contributed by atoms with van der Waals surface area (Å²) in [5.41, 5.74) is 4.14. The molecule has 6 heterocycles. The van der Waals surface area contributed by atoms with Gasteiger partial charge in [-0.2, -0.15) is 15.5 Å². The number of pyridine rings is 2. The minimum Gasteiger partial charge on any atom is -0.311 e. The minimum atomic E-state index is -0.395. The van der Waals surface area contributed by atoms with Gasteiger partial charge in [-0.1, -0.05) is 11.8 Å². The topological polar surface area (TPSA) is 83.8 Å². The number of nitrogens with zero attached hydrogens (tertiary/aromatic N) is 6. The Morgan fingerprint density at radius 3 is 2.79 bits per heavy atom. The first-order valence-electron chi connectivity index (χ1n) is 11.1. The molecule has 2 bridgehead atoms. The van der Waals surface area contributed by atoms with E-state index in [0.29, 0.717) is 29.2 Å². The molecular formula is C24H22FN7S. The van der Waals surface area contributed by atoms with Crippen molar-refractivity contribution in [2.45, 2.75) is 60.7 Å². The molecule has 2 unspecified atom stereocenters. The van der Waals surface area contributed by atoms with E-state index in [1.54, 1.807) is 23.0 Å². The van der Waals surface area contributed by atoms with Crippen molar-refractivity contribution < 1.29 is 4.39 Å². The zero-order valence-electron chi connectivity index (χ0n) is 18.1. The SMILES string of the molecule is Cc1c(-c2cc(Sc3ncccc3F)c3c(C#N)cnn3c2)cnn1C1CC2CCC(C1)N2. The predicted molar refractivity (Wildman–Crippen MR) is 122 cm³/mol. The van der Waals surface area contributed by atoms with Crippen LogP contribution in [0.25, 0.3) is 16.6 Å². The second-order valence-corrected chi connectivity index (χ2v) is 9.83. The highest BCUT2D eigenvalue weighted by Gasteiger charge is 2.35. The number of halogens is 1. The highest BCUT2D eigenvalue weighted by atomic mass is 32.2. The first-order valence-corrected chi connectivity index (χ1v) is 11.9. The van der Waals surface area contributed by atoms with Gasteiger partial charge in [-0.05, 0) is 50.8 Å². The Morgan fingerprint density at radius 1 is 1.21 bits per heavy atom. The third-order valence-electron chi connectivity index (χ3n) is 6.78. The van der Waals surface area contributed by atoms with E-state index >= 15 is 0 Å². The van der Waals surface area contributed by atoms with E-state index in [1.165, 1.54) is 30.7 Å². The average Bonchev–Trinajstić information content (AvgIpc) is 3.51. The van der Waals surface area contributed by atoms with Crippen LogP contribution in [0.5, 0.6) is 0 Å². The zero-order valence-corrected chi connectivity index (χ0v) is 18.9. The number of hydrogen-bond acceptors (Lipinski definition) is 6. The van der Waals surface area contributed by atoms with E-state index in [1.807, 2.05) is 18.5 Å². The van der Waals surface area contributed by atoms with Crippen molar-refractivity contribution in [3.63, 3.8) is 0 Å². The number of nitriles is 1. The summed E-state index contributed by atoms with van der Waals surface area (Å²) in [6.45, 7) is 2.10. The van der Waals surface area contributed by atoms with Gasteiger partial charge in [0.2, 0.25) is 0 Å². The molecule has 166 valence electrons. The standard InChI is InChI=1S/C24H22FN7S/c1-14-20(12-29-32(14)19-8-17-4-5-18(9-19)30-17)15-7-22(33-24-21(25)3-2-6-27-24)23-16(10-26)11-28-31(23)13-15/h2-3,6-7,11-13,17-19,30H,4-5,8-9H2,1H3. The Morgan fingerprint density at radius 2 is 2.03 bits per heavy atom. The molecule has 0 spiro atoms. The fourth-order valence-electron chi connectivity index (χ4n) is 5.24. The summed E-state index contributed by atoms with van der Waals surface area (Å²) < 4.78 is 18.2. The maximum absolute atomic E-state index is 14.4. The molecule has 2 fully saturated rings. The van der Waals surface area contributed by atoms with Crippen LogP contribution in [0.3, 0.4) is 0 Å². The summed E-state index contributed by atoms with van der Waals surface area (Å²) in [6, 6.07) is 8.69. The van der Waals surface area contributed by atoms with E-state index < -0.39 is 5.82 Å². The summed E-state index contributed by atoms with van der Waals surface area (Å²) in [7, 11) is 0. The van der Waals surface area contributed by atoms with Gasteiger partial charge in [-0.3, -0.25) is 4.68 Å². The Kier molecular flexibility index (Phi) is 4.93. The van der Waals surface area contributed by atoms with Crippen LogP contribution in [-0.2, 0) is 0 Å². The van der Waals surface area contributed by atoms with Crippen LogP contribution in [-0.4, -0.2) is 36.5 Å². The summed E-state index contributed by atoms with van der Waals surface area (Å²) in [5.74, 6) is -0.395. The predicted octanol–water partition coefficient (Wildman–Crippen LogP) is 4.52. The lowest BCUT2D eigenvalue weighted by Gasteiger charge is -2.30. The molecule has 0 saturated carbocycles. The molecule has 6 rings (SSSR count). The van der Waals surface area contributed by atoms with Crippen molar-refractivity contribution in [2.75, 3.05) is 0 Å². The van der Waals surface area contributed by atoms with Crippen LogP contribution >= 0.6 is 11.8 Å². The largest absolute Gasteiger partial charge is 0.311 e. The maximum Gasteiger partial charge on any atom is 0.155 e. The van der Waals surface area contributed by atoms with Crippen molar-refractivity contribution in [1.29, 1.82) is 5.26 Å². The Hall–Kier alpha value is -3.22. The molecule has 0 aromatic carbocycles. The molecule has 33 heavy (non-hydrogen) atoms. The van der Waals surface area contributed by atoms with Gasteiger partial charge in [0.05, 0.1) is 29.5 Å². The molecule has 4 aromatic heterocycles. The fourth-order valence-corrected chi connectivity index (χ4v) is 6.22. The molecule has 0 aliphatic carbocycles. The fraction of sp³-hybridized carbons (Fsp3) is 0.333. The second-order valence-electron chi connectivity index (χ2n) is 8.80. The first-order chi connectivity index (χ1) is 16.1. The second kappa shape index (κ2) is 7.97. The van der Waals surface area contributed by atoms with E-state index in [0.717, 1.165) is 34.6 Å². The smallest absolute Gasteiger partial charge is 0.155 e. The minimum absolute atomic E-state index is 0.263. The third-order valence-corrected chi connectivity index (χ3v) is 7.80. The van der Waals surface area contributed by atoms with Gasteiger partial charge in [0.1, 0.15) is 11.1 Å². The van der Waals surface area contributed by atoms with Crippen molar-refractivity contribution in [1.82, 2.24) is 29.7 Å². The lowest BCUT2D eigenvalue weighted by Crippen LogP contribution is -2.39. The van der Waals surface area contributed by atoms with E-state index in [-0.39, 0.29) is 5.03 Å². The van der Waals surface area contributed by atoms with Crippen LogP contribution < -0.4 is 5.32 Å². The molecule has 2 aliphatic heterocycles. The Bertz CT molecular complexity index is 1390. The van der Waals surface area contributed by atoms with Crippen LogP contribution in [0.4, 0.5) is 4.39 Å². The van der Waals surface area contributed by atoms with Crippen LogP contribution in [0.2, 0.25) is 0 Å². The zero-order chi connectivity index (χ0) is 22.5. The van der Waals surface area contributed by atoms with Crippen molar-refractivity contribution in [3.8, 4) is 17.2 Å². The normalized spacial score (nSPS) is 22.0. The van der Waals surface area contributed by atoms with E-state index in [2.05, 4.69) is 33.1 Å². The van der Waals surface area contributed by atoms with Gasteiger partial charge in [-0.15, -0.1) is 0 Å². The van der Waals surface area contributed by atoms with Crippen LogP contribution in [0.15, 0.2) is 52.9 Å². The first kappa shape index (κ1) is 20.4. The Balaban J connectivity index is 1.43. The highest BCUT2D eigenvalue weighted by molar-refractivity contribution is 7.99. The highest BCUT2D eigenvalue weighted by Crippen LogP contribution is 2.38. The molecular weight excluding hydrogens is 437 g/mol. The van der Waals surface area contributed by atoms with E-state index in [9.17, 15) is 9.65 Å². The van der Waals surface area contributed by atoms with Crippen molar-refractivity contribution in [2.24, 2.45) is 0 Å². The molecule has 2 atom stereocenters. The van der Waals surface area contributed by atoms with Crippen molar-refractivity contribution in [3.05, 3.63) is 60.1 Å². The number of piperidine rings is 1. The van der Waals surface area contributed by atoms with Crippen LogP contribution in [0, 0.1) is 24.1 Å². The van der Waals surface area contributed by atoms with Gasteiger partial charge in [0, 0.05) is 46.2 Å². The molecule has 7 nitrogen and oxygen atoms in total. The molecule has 2 aliphatic rings. The molecule has 0 amide bonds. The molecule has 9 heteroatoms. The van der Waals surface area contributed by atoms with Gasteiger partial charge in [-0.25, -0.2) is 13.9 Å². The molecule has 1 N–H and O–H groups in total. The van der Waals surface area contributed by atoms with Gasteiger partial charge in [0.25, 0.3) is 0 Å². The van der Waals surface area contributed by atoms with E-state index in [4.69, 9.17) is 5.10 Å². The lowest BCUT2D eigenvalue weighted by molar-refractivity contribution is 0.278. The number of hydrogen-bond donors (Lipinski definition) is 1. The maximum atomic E-state index is 14.4. The lowest BCUT2D eigenvalue weighted by atomic mass is 9.99. The monoisotopic (exact) mass is 459 g/mol. The van der Waals surface area contributed by atoms with Crippen LogP contribution in [0.1, 0.15) is 43.0 Å². The summed E-state index contributed by atoms with van der Waals surface area (Å²) in [6.07, 6.45) is 11.6.